The zero-order valence-electron chi connectivity index (χ0n) is 19.3. The highest BCUT2D eigenvalue weighted by molar-refractivity contribution is 6.00. The molecule has 0 bridgehead atoms. The molecule has 1 heterocycles. The van der Waals surface area contributed by atoms with E-state index in [0.29, 0.717) is 17.9 Å². The number of H-pyrrole nitrogens is 1. The fourth-order valence-corrected chi connectivity index (χ4v) is 2.86. The van der Waals surface area contributed by atoms with Gasteiger partial charge >= 0.3 is 24.4 Å². The molecule has 0 aliphatic heterocycles. The smallest absolute Gasteiger partial charge is 0.475 e. The van der Waals surface area contributed by atoms with Crippen LogP contribution in [0.25, 0.3) is 0 Å². The van der Waals surface area contributed by atoms with Crippen molar-refractivity contribution in [1.29, 1.82) is 0 Å². The highest BCUT2D eigenvalue weighted by Crippen LogP contribution is 2.33. The van der Waals surface area contributed by atoms with Crippen LogP contribution in [-0.4, -0.2) is 39.4 Å². The highest BCUT2D eigenvalue weighted by atomic mass is 19.4. The zero-order chi connectivity index (χ0) is 28.7. The van der Waals surface area contributed by atoms with Crippen molar-refractivity contribution in [3.63, 3.8) is 0 Å². The Morgan fingerprint density at radius 1 is 1.00 bits per heavy atom. The predicted molar refractivity (Wildman–Crippen MR) is 123 cm³/mol. The Labute approximate surface area is 210 Å². The molecule has 10 nitrogen and oxygen atoms in total. The number of carboxylic acid groups (broad SMARTS) is 1. The third-order valence-corrected chi connectivity index (χ3v) is 4.60. The standard InChI is InChI=1S/C20H19F3N6O2.C2HF3O2/c1-11-5-6-14(8-15(11)20(21,22)23)28-19(31)27-13-4-2-3-12(7-13)9-25-16-10-26-29-17(16)18(24)30;3-2(4,5)1(6)7/h2-8,10,25H,9H2,1H3,(H2,24,30)(H,26,29)(H2,27,28,31);(H,6,7). The van der Waals surface area contributed by atoms with Crippen LogP contribution in [0, 0.1) is 6.92 Å². The second kappa shape index (κ2) is 12.0. The number of urea groups is 1. The largest absolute Gasteiger partial charge is 0.490 e. The second-order valence-electron chi connectivity index (χ2n) is 7.49. The first-order valence-electron chi connectivity index (χ1n) is 10.3. The molecular formula is C22H20F6N6O4. The van der Waals surface area contributed by atoms with Crippen molar-refractivity contribution in [3.8, 4) is 0 Å². The van der Waals surface area contributed by atoms with Crippen LogP contribution in [0.15, 0.2) is 48.7 Å². The summed E-state index contributed by atoms with van der Waals surface area (Å²) in [7, 11) is 0. The van der Waals surface area contributed by atoms with Gasteiger partial charge in [0.15, 0.2) is 0 Å². The fourth-order valence-electron chi connectivity index (χ4n) is 2.86. The van der Waals surface area contributed by atoms with Crippen molar-refractivity contribution in [3.05, 3.63) is 71.0 Å². The van der Waals surface area contributed by atoms with Crippen LogP contribution in [0.2, 0.25) is 0 Å². The average Bonchev–Trinajstić information content (AvgIpc) is 3.27. The van der Waals surface area contributed by atoms with Crippen molar-refractivity contribution in [2.75, 3.05) is 16.0 Å². The molecule has 204 valence electrons. The first-order chi connectivity index (χ1) is 17.6. The van der Waals surface area contributed by atoms with E-state index in [-0.39, 0.29) is 16.9 Å². The maximum absolute atomic E-state index is 13.0. The minimum Gasteiger partial charge on any atom is -0.475 e. The summed E-state index contributed by atoms with van der Waals surface area (Å²) in [5.74, 6) is -3.41. The van der Waals surface area contributed by atoms with Crippen LogP contribution in [-0.2, 0) is 17.5 Å². The zero-order valence-corrected chi connectivity index (χ0v) is 19.3. The molecule has 0 fully saturated rings. The lowest BCUT2D eigenvalue weighted by atomic mass is 10.1. The number of aromatic nitrogens is 2. The maximum atomic E-state index is 13.0. The molecule has 0 aliphatic carbocycles. The number of carbonyl (C=O) groups is 3. The number of primary amides is 1. The van der Waals surface area contributed by atoms with Crippen LogP contribution in [0.1, 0.15) is 27.2 Å². The first kappa shape index (κ1) is 29.5. The molecule has 3 rings (SSSR count). The molecule has 2 aromatic carbocycles. The number of nitrogens with one attached hydrogen (secondary N) is 4. The number of anilines is 3. The number of benzene rings is 2. The monoisotopic (exact) mass is 546 g/mol. The van der Waals surface area contributed by atoms with Gasteiger partial charge in [-0.15, -0.1) is 0 Å². The van der Waals surface area contributed by atoms with Gasteiger partial charge in [0.2, 0.25) is 0 Å². The molecular weight excluding hydrogens is 526 g/mol. The molecule has 7 N–H and O–H groups in total. The summed E-state index contributed by atoms with van der Waals surface area (Å²) in [6.45, 7) is 1.66. The number of carbonyl (C=O) groups excluding carboxylic acids is 2. The molecule has 0 atom stereocenters. The van der Waals surface area contributed by atoms with E-state index < -0.39 is 35.8 Å². The van der Waals surface area contributed by atoms with Gasteiger partial charge in [0.1, 0.15) is 5.69 Å². The Morgan fingerprint density at radius 3 is 2.16 bits per heavy atom. The topological polar surface area (TPSA) is 162 Å². The quantitative estimate of drug-likeness (QED) is 0.245. The summed E-state index contributed by atoms with van der Waals surface area (Å²) in [5, 5.41) is 21.4. The van der Waals surface area contributed by atoms with E-state index in [2.05, 4.69) is 26.1 Å². The normalized spacial score (nSPS) is 11.1. The number of halogens is 6. The van der Waals surface area contributed by atoms with Gasteiger partial charge in [-0.05, 0) is 42.3 Å². The number of hydrogen-bond acceptors (Lipinski definition) is 5. The third kappa shape index (κ3) is 8.72. The van der Waals surface area contributed by atoms with Gasteiger partial charge < -0.3 is 26.8 Å². The van der Waals surface area contributed by atoms with Crippen molar-refractivity contribution >= 4 is 35.0 Å². The number of aromatic amines is 1. The number of nitrogens with zero attached hydrogens (tertiary/aromatic N) is 1. The highest BCUT2D eigenvalue weighted by Gasteiger charge is 2.38. The van der Waals surface area contributed by atoms with Gasteiger partial charge in [0.25, 0.3) is 5.91 Å². The summed E-state index contributed by atoms with van der Waals surface area (Å²) < 4.78 is 70.8. The number of carboxylic acids is 1. The molecule has 0 radical (unpaired) electrons. The summed E-state index contributed by atoms with van der Waals surface area (Å²) in [6.07, 6.45) is -8.17. The lowest BCUT2D eigenvalue weighted by Gasteiger charge is -2.13. The maximum Gasteiger partial charge on any atom is 0.490 e. The minimum atomic E-state index is -5.08. The van der Waals surface area contributed by atoms with Crippen LogP contribution in [0.5, 0.6) is 0 Å². The Bertz CT molecular complexity index is 1310. The summed E-state index contributed by atoms with van der Waals surface area (Å²) in [5.41, 5.74) is 6.30. The molecule has 0 saturated carbocycles. The summed E-state index contributed by atoms with van der Waals surface area (Å²) in [4.78, 5) is 32.4. The van der Waals surface area contributed by atoms with Crippen molar-refractivity contribution < 1.29 is 45.8 Å². The van der Waals surface area contributed by atoms with Crippen molar-refractivity contribution in [2.24, 2.45) is 5.73 Å². The van der Waals surface area contributed by atoms with E-state index in [9.17, 15) is 35.9 Å². The SMILES string of the molecule is Cc1ccc(NC(=O)Nc2cccc(CNc3cn[nH]c3C(N)=O)c2)cc1C(F)(F)F.O=C(O)C(F)(F)F. The average molecular weight is 546 g/mol. The van der Waals surface area contributed by atoms with Crippen LogP contribution >= 0.6 is 0 Å². The molecule has 3 aromatic rings. The van der Waals surface area contributed by atoms with Gasteiger partial charge in [-0.1, -0.05) is 18.2 Å². The molecule has 16 heteroatoms. The third-order valence-electron chi connectivity index (χ3n) is 4.60. The lowest BCUT2D eigenvalue weighted by Crippen LogP contribution is -2.21. The minimum absolute atomic E-state index is 0.0205. The number of aliphatic carboxylic acids is 1. The molecule has 38 heavy (non-hydrogen) atoms. The Kier molecular flexibility index (Phi) is 9.29. The summed E-state index contributed by atoms with van der Waals surface area (Å²) >= 11 is 0. The Morgan fingerprint density at radius 2 is 1.61 bits per heavy atom. The van der Waals surface area contributed by atoms with E-state index in [0.717, 1.165) is 11.6 Å². The number of alkyl halides is 6. The van der Waals surface area contributed by atoms with Crippen molar-refractivity contribution in [1.82, 2.24) is 10.2 Å². The second-order valence-corrected chi connectivity index (χ2v) is 7.49. The Balaban J connectivity index is 0.000000638. The molecule has 0 spiro atoms. The number of aryl methyl sites for hydroxylation is 1. The molecule has 0 saturated heterocycles. The van der Waals surface area contributed by atoms with Crippen LogP contribution in [0.3, 0.4) is 0 Å². The number of amides is 3. The number of hydrogen-bond donors (Lipinski definition) is 6. The van der Waals surface area contributed by atoms with Crippen LogP contribution in [0.4, 0.5) is 48.2 Å². The Hall–Kier alpha value is -4.76. The molecule has 1 aromatic heterocycles. The van der Waals surface area contributed by atoms with Gasteiger partial charge in [-0.3, -0.25) is 9.89 Å². The predicted octanol–water partition coefficient (Wildman–Crippen LogP) is 4.73. The molecule has 0 aliphatic rings. The van der Waals surface area contributed by atoms with Crippen LogP contribution < -0.4 is 21.7 Å². The van der Waals surface area contributed by atoms with Gasteiger partial charge in [-0.2, -0.15) is 31.4 Å². The van der Waals surface area contributed by atoms with E-state index in [1.807, 2.05) is 0 Å². The van der Waals surface area contributed by atoms with Gasteiger partial charge in [-0.25, -0.2) is 9.59 Å². The van der Waals surface area contributed by atoms with Gasteiger partial charge in [0.05, 0.1) is 17.4 Å². The number of rotatable bonds is 6. The van der Waals surface area contributed by atoms with E-state index in [1.54, 1.807) is 24.3 Å². The van der Waals surface area contributed by atoms with Gasteiger partial charge in [0, 0.05) is 17.9 Å². The van der Waals surface area contributed by atoms with Crippen molar-refractivity contribution in [2.45, 2.75) is 25.8 Å². The lowest BCUT2D eigenvalue weighted by molar-refractivity contribution is -0.192. The molecule has 0 unspecified atom stereocenters. The fraction of sp³-hybridized carbons (Fsp3) is 0.182. The number of nitrogens with two attached hydrogens (primary N) is 1. The van der Waals surface area contributed by atoms with E-state index >= 15 is 0 Å². The molecule has 3 amide bonds. The van der Waals surface area contributed by atoms with E-state index in [4.69, 9.17) is 15.6 Å². The van der Waals surface area contributed by atoms with E-state index in [1.165, 1.54) is 25.3 Å². The summed E-state index contributed by atoms with van der Waals surface area (Å²) in [6, 6.07) is 9.68. The first-order valence-corrected chi connectivity index (χ1v) is 10.3.